The van der Waals surface area contributed by atoms with Crippen LogP contribution in [0.1, 0.15) is 51.2 Å². The van der Waals surface area contributed by atoms with Crippen LogP contribution in [0.4, 0.5) is 0 Å². The summed E-state index contributed by atoms with van der Waals surface area (Å²) in [4.78, 5) is 115. The van der Waals surface area contributed by atoms with Crippen molar-refractivity contribution in [2.75, 3.05) is 40.5 Å². The minimum Gasteiger partial charge on any atom is -0.508 e. The number of phenolic OH excluding ortho intramolecular Hbond substituents is 1. The average molecular weight is 877 g/mol. The minimum absolute atomic E-state index is 0.0260. The number of ketones is 1. The number of nitrogens with zero attached hydrogens (tertiary/aromatic N) is 2. The van der Waals surface area contributed by atoms with Crippen LogP contribution in [-0.2, 0) is 51.2 Å². The van der Waals surface area contributed by atoms with Gasteiger partial charge in [-0.05, 0) is 69.1 Å². The number of fused-ring (bicyclic) bond motifs is 1. The Balaban J connectivity index is 1.80. The first-order valence-electron chi connectivity index (χ1n) is 20.8. The number of H-pyrrole nitrogens is 1. The van der Waals surface area contributed by atoms with Crippen molar-refractivity contribution in [3.8, 4) is 5.75 Å². The minimum atomic E-state index is -1.66. The molecule has 0 saturated carbocycles. The Morgan fingerprint density at radius 3 is 2.00 bits per heavy atom. The van der Waals surface area contributed by atoms with Gasteiger partial charge in [-0.15, -0.1) is 0 Å². The molecule has 0 bridgehead atoms. The van der Waals surface area contributed by atoms with Gasteiger partial charge >= 0.3 is 0 Å². The van der Waals surface area contributed by atoms with Crippen molar-refractivity contribution >= 4 is 58.0 Å². The van der Waals surface area contributed by atoms with E-state index in [1.165, 1.54) is 43.1 Å². The summed E-state index contributed by atoms with van der Waals surface area (Å²) < 4.78 is 0. The van der Waals surface area contributed by atoms with Gasteiger partial charge in [0.25, 0.3) is 0 Å². The number of carbonyl (C=O) groups is 8. The Morgan fingerprint density at radius 2 is 1.38 bits per heavy atom. The van der Waals surface area contributed by atoms with E-state index >= 15 is 0 Å². The highest BCUT2D eigenvalue weighted by molar-refractivity contribution is 5.98. The van der Waals surface area contributed by atoms with E-state index in [2.05, 4.69) is 36.9 Å². The van der Waals surface area contributed by atoms with Crippen LogP contribution in [-0.4, -0.2) is 149 Å². The Labute approximate surface area is 365 Å². The van der Waals surface area contributed by atoms with E-state index in [1.54, 1.807) is 18.1 Å². The first-order chi connectivity index (χ1) is 29.9. The highest BCUT2D eigenvalue weighted by atomic mass is 16.3. The fraction of sp³-hybridized carbons (Fsp3) is 0.488. The van der Waals surface area contributed by atoms with Crippen LogP contribution in [0.3, 0.4) is 0 Å². The largest absolute Gasteiger partial charge is 0.508 e. The third kappa shape index (κ3) is 14.6. The van der Waals surface area contributed by atoms with Gasteiger partial charge in [-0.25, -0.2) is 0 Å². The molecule has 1 aliphatic rings. The van der Waals surface area contributed by atoms with E-state index in [-0.39, 0.29) is 69.3 Å². The molecule has 6 atom stereocenters. The summed E-state index contributed by atoms with van der Waals surface area (Å²) in [5.74, 6) is -6.21. The SMILES string of the molecule is CNC1CN(C)CN(CC(C)=O)C(=O)[C@H](CC(C)C)NC(=O)C(Cc2ccc(O)cc2)NC(=O)[C@H](CCC(N)=O)NC(=O)C(CO)NC(=O)[C@H](Cc2c[nH]c3ccccc23)NC1=O. The molecule has 0 aliphatic carbocycles. The number of carbonyl (C=O) groups excluding carboxylic acids is 8. The number of rotatable bonds is 13. The van der Waals surface area contributed by atoms with Crippen molar-refractivity contribution in [1.29, 1.82) is 0 Å². The van der Waals surface area contributed by atoms with Gasteiger partial charge < -0.3 is 57.7 Å². The van der Waals surface area contributed by atoms with Gasteiger partial charge in [0.05, 0.1) is 25.9 Å². The Morgan fingerprint density at radius 1 is 0.810 bits per heavy atom. The van der Waals surface area contributed by atoms with Gasteiger partial charge in [0.2, 0.25) is 41.4 Å². The fourth-order valence-corrected chi connectivity index (χ4v) is 7.26. The topological polar surface area (TPSA) is 297 Å². The fourth-order valence-electron chi connectivity index (χ4n) is 7.26. The van der Waals surface area contributed by atoms with E-state index in [9.17, 15) is 48.6 Å². The molecule has 11 N–H and O–H groups in total. The normalized spacial score (nSPS) is 23.0. The van der Waals surface area contributed by atoms with Gasteiger partial charge in [-0.1, -0.05) is 44.2 Å². The Hall–Kier alpha value is -6.38. The number of primary amides is 1. The summed E-state index contributed by atoms with van der Waals surface area (Å²) in [5.41, 5.74) is 7.34. The molecular formula is C43H60N10O10. The van der Waals surface area contributed by atoms with Crippen LogP contribution in [0.5, 0.6) is 5.75 Å². The van der Waals surface area contributed by atoms with Gasteiger partial charge in [-0.2, -0.15) is 0 Å². The van der Waals surface area contributed by atoms with Crippen molar-refractivity contribution in [3.05, 3.63) is 65.9 Å². The number of Topliss-reactive ketones (excluding diaryl/α,β-unsaturated/α-hetero) is 1. The molecule has 20 nitrogen and oxygen atoms in total. The number of nitrogens with one attached hydrogen (secondary N) is 7. The first-order valence-corrected chi connectivity index (χ1v) is 20.8. The third-order valence-electron chi connectivity index (χ3n) is 10.5. The molecule has 0 spiro atoms. The van der Waals surface area contributed by atoms with Crippen molar-refractivity contribution in [2.24, 2.45) is 11.7 Å². The van der Waals surface area contributed by atoms with Gasteiger partial charge in [0.15, 0.2) is 0 Å². The summed E-state index contributed by atoms with van der Waals surface area (Å²) >= 11 is 0. The standard InChI is InChI=1S/C43H60N10O10/c1-24(2)16-34-43(63)53(20-25(3)55)23-52(5)21-35(45-4)41(61)49-33(18-27-19-46-30-9-7-6-8-29(27)30)40(60)51-36(22-54)42(62)47-31(14-15-37(44)57)38(58)48-32(39(59)50-34)17-26-10-12-28(56)13-11-26/h6-13,19,24,31-36,45-46,54,56H,14-18,20-23H2,1-5H3,(H2,44,57)(H,47,62)(H,48,58)(H,49,61)(H,50,59)(H,51,60)/t31-,32?,33-,34-,35?,36?/m0/s1. The second-order valence-corrected chi connectivity index (χ2v) is 16.3. The Bertz CT molecular complexity index is 2110. The highest BCUT2D eigenvalue weighted by Crippen LogP contribution is 2.20. The number of likely N-dealkylation sites (N-methyl/N-ethyl adjacent to an activating group) is 2. The quantitative estimate of drug-likeness (QED) is 0.0920. The smallest absolute Gasteiger partial charge is 0.246 e. The molecule has 1 fully saturated rings. The number of hydrogen-bond donors (Lipinski definition) is 10. The van der Waals surface area contributed by atoms with E-state index in [0.717, 1.165) is 10.9 Å². The molecule has 3 aromatic rings. The van der Waals surface area contributed by atoms with Crippen LogP contribution < -0.4 is 37.6 Å². The number of hydrogen-bond acceptors (Lipinski definition) is 12. The molecule has 3 unspecified atom stereocenters. The van der Waals surface area contributed by atoms with E-state index in [0.29, 0.717) is 11.1 Å². The second-order valence-electron chi connectivity index (χ2n) is 16.3. The van der Waals surface area contributed by atoms with Crippen molar-refractivity contribution in [2.45, 2.75) is 89.1 Å². The summed E-state index contributed by atoms with van der Waals surface area (Å²) in [5, 5.41) is 37.1. The number of phenols is 1. The zero-order valence-electron chi connectivity index (χ0n) is 36.2. The van der Waals surface area contributed by atoms with Crippen LogP contribution in [0.2, 0.25) is 0 Å². The molecule has 4 rings (SSSR count). The summed E-state index contributed by atoms with van der Waals surface area (Å²) in [7, 11) is 3.16. The number of nitrogens with two attached hydrogens (primary N) is 1. The summed E-state index contributed by atoms with van der Waals surface area (Å²) in [6.45, 7) is 3.53. The van der Waals surface area contributed by atoms with E-state index in [4.69, 9.17) is 5.73 Å². The van der Waals surface area contributed by atoms with Crippen LogP contribution >= 0.6 is 0 Å². The number of aliphatic hydroxyl groups is 1. The average Bonchev–Trinajstić information content (AvgIpc) is 3.64. The first kappa shape index (κ1) is 49.3. The van der Waals surface area contributed by atoms with Crippen molar-refractivity contribution in [3.63, 3.8) is 0 Å². The second kappa shape index (κ2) is 23.2. The zero-order chi connectivity index (χ0) is 46.4. The molecular weight excluding hydrogens is 817 g/mol. The monoisotopic (exact) mass is 876 g/mol. The summed E-state index contributed by atoms with van der Waals surface area (Å²) in [6.07, 6.45) is 0.865. The molecule has 63 heavy (non-hydrogen) atoms. The molecule has 0 radical (unpaired) electrons. The lowest BCUT2D eigenvalue weighted by Crippen LogP contribution is -2.60. The molecule has 1 saturated heterocycles. The number of aromatic hydroxyl groups is 1. The molecule has 1 aliphatic heterocycles. The number of amides is 7. The van der Waals surface area contributed by atoms with E-state index < -0.39 is 84.2 Å². The van der Waals surface area contributed by atoms with E-state index in [1.807, 2.05) is 38.1 Å². The lowest BCUT2D eigenvalue weighted by molar-refractivity contribution is -0.141. The highest BCUT2D eigenvalue weighted by Gasteiger charge is 2.35. The summed E-state index contributed by atoms with van der Waals surface area (Å²) in [6, 6.07) is 5.05. The Kier molecular flexibility index (Phi) is 18.1. The van der Waals surface area contributed by atoms with Gasteiger partial charge in [0, 0.05) is 42.9 Å². The van der Waals surface area contributed by atoms with Gasteiger partial charge in [0.1, 0.15) is 41.7 Å². The zero-order valence-corrected chi connectivity index (χ0v) is 36.2. The number of aromatic amines is 1. The molecule has 2 aromatic carbocycles. The number of aromatic nitrogens is 1. The third-order valence-corrected chi connectivity index (χ3v) is 10.5. The predicted octanol–water partition coefficient (Wildman–Crippen LogP) is -1.70. The molecule has 7 amide bonds. The van der Waals surface area contributed by atoms with Crippen LogP contribution in [0.15, 0.2) is 54.7 Å². The maximum Gasteiger partial charge on any atom is 0.246 e. The number of benzene rings is 2. The van der Waals surface area contributed by atoms with Crippen LogP contribution in [0, 0.1) is 5.92 Å². The maximum atomic E-state index is 14.4. The molecule has 2 heterocycles. The molecule has 342 valence electrons. The van der Waals surface area contributed by atoms with Gasteiger partial charge in [-0.3, -0.25) is 43.3 Å². The predicted molar refractivity (Wildman–Crippen MR) is 231 cm³/mol. The number of aliphatic hydroxyl groups excluding tert-OH is 1. The lowest BCUT2D eigenvalue weighted by Gasteiger charge is -2.33. The molecule has 1 aromatic heterocycles. The number of para-hydroxylation sites is 1. The van der Waals surface area contributed by atoms with Crippen molar-refractivity contribution < 1.29 is 48.6 Å². The van der Waals surface area contributed by atoms with Crippen LogP contribution in [0.25, 0.3) is 10.9 Å². The maximum absolute atomic E-state index is 14.4. The lowest BCUT2D eigenvalue weighted by atomic mass is 10.00. The van der Waals surface area contributed by atoms with Crippen molar-refractivity contribution in [1.82, 2.24) is 46.7 Å². The molecule has 20 heteroatoms.